The summed E-state index contributed by atoms with van der Waals surface area (Å²) in [6.07, 6.45) is 0.655. The second kappa shape index (κ2) is 10.1. The van der Waals surface area contributed by atoms with Crippen LogP contribution in [0.25, 0.3) is 11.2 Å². The van der Waals surface area contributed by atoms with E-state index in [0.29, 0.717) is 46.0 Å². The van der Waals surface area contributed by atoms with Crippen LogP contribution >= 0.6 is 23.2 Å². The number of aromatic nitrogens is 4. The minimum absolute atomic E-state index is 0.263. The van der Waals surface area contributed by atoms with Gasteiger partial charge in [-0.15, -0.1) is 0 Å². The van der Waals surface area contributed by atoms with Crippen molar-refractivity contribution in [2.24, 2.45) is 14.1 Å². The van der Waals surface area contributed by atoms with Gasteiger partial charge in [0, 0.05) is 30.7 Å². The molecule has 0 aliphatic rings. The highest BCUT2D eigenvalue weighted by Gasteiger charge is 2.20. The summed E-state index contributed by atoms with van der Waals surface area (Å²) < 4.78 is 14.8. The molecule has 4 aromatic rings. The molecular formula is C24H25Cl2N5O4. The lowest BCUT2D eigenvalue weighted by molar-refractivity contribution is 0.354. The average Bonchev–Trinajstić information content (AvgIpc) is 3.21. The molecule has 2 heterocycles. The van der Waals surface area contributed by atoms with E-state index in [1.54, 1.807) is 44.0 Å². The Labute approximate surface area is 211 Å². The number of halogens is 2. The Morgan fingerprint density at radius 1 is 0.971 bits per heavy atom. The van der Waals surface area contributed by atoms with Gasteiger partial charge in [-0.25, -0.2) is 4.79 Å². The molecule has 0 aliphatic carbocycles. The standard InChI is InChI=1S/C24H25Cl2N5O4/c1-29-21-20(22(32)30(2)24(29)33)31(13-15-6-7-16(25)12-17(15)26)23(28-21)27-10-9-14-5-8-18(34-3)19(11-14)35-4/h5-8,11-12H,9-10,13H2,1-4H3,(H,27,28). The quantitative estimate of drug-likeness (QED) is 0.384. The van der Waals surface area contributed by atoms with Crippen LogP contribution in [0, 0.1) is 0 Å². The lowest BCUT2D eigenvalue weighted by Crippen LogP contribution is -2.37. The lowest BCUT2D eigenvalue weighted by atomic mass is 10.1. The van der Waals surface area contributed by atoms with Gasteiger partial charge in [0.05, 0.1) is 20.8 Å². The number of hydrogen-bond donors (Lipinski definition) is 1. The van der Waals surface area contributed by atoms with Crippen LogP contribution in [0.2, 0.25) is 10.0 Å². The molecule has 0 saturated heterocycles. The predicted octanol–water partition coefficient (Wildman–Crippen LogP) is 3.46. The average molecular weight is 518 g/mol. The third-order valence-corrected chi connectivity index (χ3v) is 6.42. The smallest absolute Gasteiger partial charge is 0.332 e. The predicted molar refractivity (Wildman–Crippen MR) is 138 cm³/mol. The SMILES string of the molecule is COc1ccc(CCNc2nc3c(c(=O)n(C)c(=O)n3C)n2Cc2ccc(Cl)cc2Cl)cc1OC. The lowest BCUT2D eigenvalue weighted by Gasteiger charge is -2.13. The molecule has 0 fully saturated rings. The topological polar surface area (TPSA) is 92.3 Å². The van der Waals surface area contributed by atoms with Gasteiger partial charge in [-0.2, -0.15) is 4.98 Å². The van der Waals surface area contributed by atoms with Crippen molar-refractivity contribution in [3.8, 4) is 11.5 Å². The molecule has 2 aromatic carbocycles. The van der Waals surface area contributed by atoms with Crippen molar-refractivity contribution in [3.63, 3.8) is 0 Å². The van der Waals surface area contributed by atoms with Crippen LogP contribution in [0.5, 0.6) is 11.5 Å². The van der Waals surface area contributed by atoms with Crippen LogP contribution < -0.4 is 26.0 Å². The normalized spacial score (nSPS) is 11.1. The number of imidazole rings is 1. The van der Waals surface area contributed by atoms with Crippen molar-refractivity contribution in [2.75, 3.05) is 26.1 Å². The number of benzene rings is 2. The van der Waals surface area contributed by atoms with Crippen molar-refractivity contribution < 1.29 is 9.47 Å². The first kappa shape index (κ1) is 24.7. The summed E-state index contributed by atoms with van der Waals surface area (Å²) in [5.74, 6) is 1.75. The van der Waals surface area contributed by atoms with Crippen LogP contribution in [-0.2, 0) is 27.1 Å². The summed E-state index contributed by atoms with van der Waals surface area (Å²) in [4.78, 5) is 30.2. The van der Waals surface area contributed by atoms with Crippen molar-refractivity contribution in [3.05, 3.63) is 78.4 Å². The van der Waals surface area contributed by atoms with E-state index in [2.05, 4.69) is 10.3 Å². The van der Waals surface area contributed by atoms with E-state index in [1.165, 1.54) is 11.6 Å². The van der Waals surface area contributed by atoms with Gasteiger partial charge in [-0.05, 0) is 41.8 Å². The molecule has 0 radical (unpaired) electrons. The Hall–Kier alpha value is -3.43. The van der Waals surface area contributed by atoms with Crippen molar-refractivity contribution in [1.29, 1.82) is 0 Å². The van der Waals surface area contributed by atoms with E-state index < -0.39 is 11.2 Å². The summed E-state index contributed by atoms with van der Waals surface area (Å²) in [5.41, 5.74) is 1.49. The molecule has 11 heteroatoms. The highest BCUT2D eigenvalue weighted by molar-refractivity contribution is 6.35. The minimum Gasteiger partial charge on any atom is -0.493 e. The zero-order valence-corrected chi connectivity index (χ0v) is 21.3. The Bertz CT molecular complexity index is 1520. The van der Waals surface area contributed by atoms with Gasteiger partial charge in [0.2, 0.25) is 5.95 Å². The molecule has 0 atom stereocenters. The first-order chi connectivity index (χ1) is 16.7. The Morgan fingerprint density at radius 3 is 2.40 bits per heavy atom. The maximum atomic E-state index is 13.1. The summed E-state index contributed by atoms with van der Waals surface area (Å²) in [7, 11) is 6.22. The van der Waals surface area contributed by atoms with Crippen LogP contribution in [0.15, 0.2) is 46.0 Å². The Balaban J connectivity index is 1.72. The molecule has 0 bridgehead atoms. The molecule has 0 aliphatic heterocycles. The summed E-state index contributed by atoms with van der Waals surface area (Å²) >= 11 is 12.5. The van der Waals surface area contributed by atoms with E-state index in [4.69, 9.17) is 32.7 Å². The molecule has 4 rings (SSSR count). The third-order valence-electron chi connectivity index (χ3n) is 5.84. The number of rotatable bonds is 8. The van der Waals surface area contributed by atoms with Gasteiger partial charge < -0.3 is 14.8 Å². The highest BCUT2D eigenvalue weighted by atomic mass is 35.5. The molecule has 0 saturated carbocycles. The Morgan fingerprint density at radius 2 is 1.71 bits per heavy atom. The van der Waals surface area contributed by atoms with E-state index >= 15 is 0 Å². The van der Waals surface area contributed by atoms with Gasteiger partial charge >= 0.3 is 5.69 Å². The van der Waals surface area contributed by atoms with Crippen LogP contribution in [0.3, 0.4) is 0 Å². The monoisotopic (exact) mass is 517 g/mol. The summed E-state index contributed by atoms with van der Waals surface area (Å²) in [5, 5.41) is 4.29. The number of nitrogens with one attached hydrogen (secondary N) is 1. The van der Waals surface area contributed by atoms with Crippen molar-refractivity contribution in [2.45, 2.75) is 13.0 Å². The second-order valence-corrected chi connectivity index (χ2v) is 8.85. The first-order valence-corrected chi connectivity index (χ1v) is 11.6. The fourth-order valence-corrected chi connectivity index (χ4v) is 4.38. The molecular weight excluding hydrogens is 493 g/mol. The number of aryl methyl sites for hydroxylation is 1. The van der Waals surface area contributed by atoms with E-state index in [9.17, 15) is 9.59 Å². The van der Waals surface area contributed by atoms with Gasteiger partial charge in [0.1, 0.15) is 0 Å². The second-order valence-electron chi connectivity index (χ2n) is 8.00. The maximum Gasteiger partial charge on any atom is 0.332 e. The molecule has 0 spiro atoms. The number of fused-ring (bicyclic) bond motifs is 1. The Kier molecular flexibility index (Phi) is 7.09. The van der Waals surface area contributed by atoms with E-state index in [-0.39, 0.29) is 12.2 Å². The van der Waals surface area contributed by atoms with Crippen molar-refractivity contribution in [1.82, 2.24) is 18.7 Å². The fraction of sp³-hybridized carbons (Fsp3) is 0.292. The molecule has 0 amide bonds. The van der Waals surface area contributed by atoms with Crippen LogP contribution in [0.1, 0.15) is 11.1 Å². The van der Waals surface area contributed by atoms with E-state index in [0.717, 1.165) is 15.7 Å². The van der Waals surface area contributed by atoms with Crippen LogP contribution in [-0.4, -0.2) is 39.4 Å². The number of nitrogens with zero attached hydrogens (tertiary/aromatic N) is 4. The number of ether oxygens (including phenoxy) is 2. The van der Waals surface area contributed by atoms with Gasteiger partial charge in [0.25, 0.3) is 5.56 Å². The van der Waals surface area contributed by atoms with Crippen molar-refractivity contribution >= 4 is 40.3 Å². The third kappa shape index (κ3) is 4.74. The highest BCUT2D eigenvalue weighted by Crippen LogP contribution is 2.28. The molecule has 184 valence electrons. The molecule has 2 aromatic heterocycles. The zero-order chi connectivity index (χ0) is 25.3. The molecule has 9 nitrogen and oxygen atoms in total. The summed E-state index contributed by atoms with van der Waals surface area (Å²) in [6.45, 7) is 0.778. The van der Waals surface area contributed by atoms with E-state index in [1.807, 2.05) is 18.2 Å². The number of hydrogen-bond acceptors (Lipinski definition) is 6. The first-order valence-electron chi connectivity index (χ1n) is 10.8. The fourth-order valence-electron chi connectivity index (χ4n) is 3.91. The largest absolute Gasteiger partial charge is 0.493 e. The minimum atomic E-state index is -0.450. The molecule has 35 heavy (non-hydrogen) atoms. The maximum absolute atomic E-state index is 13.1. The number of methoxy groups -OCH3 is 2. The zero-order valence-electron chi connectivity index (χ0n) is 19.8. The van der Waals surface area contributed by atoms with Crippen LogP contribution in [0.4, 0.5) is 5.95 Å². The van der Waals surface area contributed by atoms with Gasteiger partial charge in [-0.3, -0.25) is 18.5 Å². The number of anilines is 1. The summed E-state index contributed by atoms with van der Waals surface area (Å²) in [6, 6.07) is 10.9. The molecule has 0 unspecified atom stereocenters. The van der Waals surface area contributed by atoms with Gasteiger partial charge in [0.15, 0.2) is 22.7 Å². The molecule has 1 N–H and O–H groups in total. The van der Waals surface area contributed by atoms with Gasteiger partial charge in [-0.1, -0.05) is 35.3 Å².